The lowest BCUT2D eigenvalue weighted by Crippen LogP contribution is -2.40. The Balaban J connectivity index is 2.38. The first-order chi connectivity index (χ1) is 9.85. The Hall–Kier alpha value is -1.44. The first-order valence-corrected chi connectivity index (χ1v) is 7.66. The van der Waals surface area contributed by atoms with Gasteiger partial charge in [0, 0.05) is 18.3 Å². The Morgan fingerprint density at radius 3 is 2.76 bits per heavy atom. The summed E-state index contributed by atoms with van der Waals surface area (Å²) in [5.41, 5.74) is -0.0274. The Bertz CT molecular complexity index is 828. The van der Waals surface area contributed by atoms with Gasteiger partial charge in [0.25, 0.3) is 5.56 Å². The predicted molar refractivity (Wildman–Crippen MR) is 81.0 cm³/mol. The first kappa shape index (κ1) is 14.5. The molecule has 3 rings (SSSR count). The highest BCUT2D eigenvalue weighted by Crippen LogP contribution is 2.36. The third-order valence-corrected chi connectivity index (χ3v) is 5.16. The summed E-state index contributed by atoms with van der Waals surface area (Å²) < 4.78 is 8.38. The maximum Gasteiger partial charge on any atom is 0.331 e. The molecule has 0 aliphatic carbocycles. The van der Waals surface area contributed by atoms with Crippen LogP contribution in [-0.4, -0.2) is 26.4 Å². The van der Waals surface area contributed by atoms with Gasteiger partial charge >= 0.3 is 5.69 Å². The van der Waals surface area contributed by atoms with Crippen molar-refractivity contribution in [1.82, 2.24) is 9.13 Å². The van der Waals surface area contributed by atoms with Gasteiger partial charge in [0.05, 0.1) is 30.7 Å². The van der Waals surface area contributed by atoms with Gasteiger partial charge in [0.15, 0.2) is 0 Å². The van der Waals surface area contributed by atoms with Crippen molar-refractivity contribution in [2.75, 3.05) is 6.61 Å². The number of nitrogens with zero attached hydrogens (tertiary/aromatic N) is 2. The lowest BCUT2D eigenvalue weighted by Gasteiger charge is -2.29. The second-order valence-electron chi connectivity index (χ2n) is 5.93. The Morgan fingerprint density at radius 1 is 1.38 bits per heavy atom. The van der Waals surface area contributed by atoms with Gasteiger partial charge in [-0.3, -0.25) is 13.9 Å². The molecule has 0 aromatic carbocycles. The van der Waals surface area contributed by atoms with Crippen LogP contribution in [-0.2, 0) is 31.4 Å². The highest BCUT2D eigenvalue weighted by Gasteiger charge is 2.31. The summed E-state index contributed by atoms with van der Waals surface area (Å²) in [7, 11) is 1.66. The van der Waals surface area contributed by atoms with E-state index in [0.717, 1.165) is 15.0 Å². The number of aryl methyl sites for hydroxylation is 1. The van der Waals surface area contributed by atoms with Crippen LogP contribution in [0.4, 0.5) is 0 Å². The SMILES string of the molecule is Cn1c(=O)n(CCO)c(=O)c2c3c(sc21)COC(C)(C)C3. The Morgan fingerprint density at radius 2 is 2.10 bits per heavy atom. The van der Waals surface area contributed by atoms with Crippen molar-refractivity contribution in [3.05, 3.63) is 31.3 Å². The monoisotopic (exact) mass is 310 g/mol. The molecule has 7 heteroatoms. The summed E-state index contributed by atoms with van der Waals surface area (Å²) in [4.78, 5) is 26.6. The van der Waals surface area contributed by atoms with Crippen LogP contribution >= 0.6 is 11.3 Å². The van der Waals surface area contributed by atoms with Crippen molar-refractivity contribution in [1.29, 1.82) is 0 Å². The van der Waals surface area contributed by atoms with Crippen LogP contribution in [0.15, 0.2) is 9.59 Å². The molecule has 0 radical (unpaired) electrons. The summed E-state index contributed by atoms with van der Waals surface area (Å²) in [5.74, 6) is 0. The molecule has 2 aromatic heterocycles. The van der Waals surface area contributed by atoms with Gasteiger partial charge in [-0.05, 0) is 19.4 Å². The minimum absolute atomic E-state index is 0.0198. The van der Waals surface area contributed by atoms with E-state index in [2.05, 4.69) is 0 Å². The highest BCUT2D eigenvalue weighted by atomic mass is 32.1. The molecule has 1 aliphatic rings. The van der Waals surface area contributed by atoms with Crippen LogP contribution in [0.25, 0.3) is 10.2 Å². The molecule has 0 amide bonds. The minimum atomic E-state index is -0.389. The van der Waals surface area contributed by atoms with Crippen LogP contribution < -0.4 is 11.2 Å². The van der Waals surface area contributed by atoms with E-state index in [1.54, 1.807) is 7.05 Å². The summed E-state index contributed by atoms with van der Waals surface area (Å²) in [6, 6.07) is 0. The number of aromatic nitrogens is 2. The molecule has 21 heavy (non-hydrogen) atoms. The molecule has 3 heterocycles. The fourth-order valence-corrected chi connectivity index (χ4v) is 3.96. The van der Waals surface area contributed by atoms with Crippen LogP contribution in [0.3, 0.4) is 0 Å². The fourth-order valence-electron chi connectivity index (χ4n) is 2.78. The van der Waals surface area contributed by atoms with Crippen molar-refractivity contribution >= 4 is 21.6 Å². The van der Waals surface area contributed by atoms with Gasteiger partial charge in [-0.2, -0.15) is 0 Å². The molecule has 0 unspecified atom stereocenters. The maximum absolute atomic E-state index is 12.6. The van der Waals surface area contributed by atoms with E-state index in [-0.39, 0.29) is 30.0 Å². The minimum Gasteiger partial charge on any atom is -0.395 e. The Kier molecular flexibility index (Phi) is 3.31. The molecule has 1 N–H and O–H groups in total. The molecule has 2 aromatic rings. The van der Waals surface area contributed by atoms with Crippen molar-refractivity contribution in [3.63, 3.8) is 0 Å². The number of aliphatic hydroxyl groups is 1. The van der Waals surface area contributed by atoms with Gasteiger partial charge < -0.3 is 9.84 Å². The molecule has 0 fully saturated rings. The van der Waals surface area contributed by atoms with E-state index in [1.807, 2.05) is 13.8 Å². The first-order valence-electron chi connectivity index (χ1n) is 6.84. The molecule has 0 saturated heterocycles. The van der Waals surface area contributed by atoms with Gasteiger partial charge in [0.1, 0.15) is 4.83 Å². The number of rotatable bonds is 2. The van der Waals surface area contributed by atoms with Crippen molar-refractivity contribution in [3.8, 4) is 0 Å². The van der Waals surface area contributed by atoms with E-state index < -0.39 is 0 Å². The van der Waals surface area contributed by atoms with E-state index in [4.69, 9.17) is 9.84 Å². The normalized spacial score (nSPS) is 17.1. The molecule has 0 saturated carbocycles. The van der Waals surface area contributed by atoms with Gasteiger partial charge in [-0.1, -0.05) is 0 Å². The lowest BCUT2D eigenvalue weighted by atomic mass is 9.94. The molecule has 0 bridgehead atoms. The average Bonchev–Trinajstić information content (AvgIpc) is 2.78. The number of fused-ring (bicyclic) bond motifs is 3. The number of hydrogen-bond donors (Lipinski definition) is 1. The maximum atomic E-state index is 12.6. The number of hydrogen-bond acceptors (Lipinski definition) is 5. The number of thiophene rings is 1. The summed E-state index contributed by atoms with van der Waals surface area (Å²) in [6.45, 7) is 4.24. The third kappa shape index (κ3) is 2.16. The van der Waals surface area contributed by atoms with E-state index in [9.17, 15) is 9.59 Å². The molecule has 6 nitrogen and oxygen atoms in total. The van der Waals surface area contributed by atoms with Gasteiger partial charge in [0.2, 0.25) is 0 Å². The molecule has 0 spiro atoms. The van der Waals surface area contributed by atoms with E-state index >= 15 is 0 Å². The predicted octanol–water partition coefficient (Wildman–Crippen LogP) is 0.605. The quantitative estimate of drug-likeness (QED) is 0.882. The molecule has 0 atom stereocenters. The highest BCUT2D eigenvalue weighted by molar-refractivity contribution is 7.18. The zero-order valence-electron chi connectivity index (χ0n) is 12.3. The molecular formula is C14H18N2O4S. The zero-order chi connectivity index (χ0) is 15.4. The fraction of sp³-hybridized carbons (Fsp3) is 0.571. The zero-order valence-corrected chi connectivity index (χ0v) is 13.1. The average molecular weight is 310 g/mol. The van der Waals surface area contributed by atoms with Crippen LogP contribution in [0.2, 0.25) is 0 Å². The summed E-state index contributed by atoms with van der Waals surface area (Å²) >= 11 is 1.44. The molecular weight excluding hydrogens is 292 g/mol. The molecule has 114 valence electrons. The van der Waals surface area contributed by atoms with Crippen molar-refractivity contribution < 1.29 is 9.84 Å². The number of aliphatic hydroxyl groups excluding tert-OH is 1. The standard InChI is InChI=1S/C14H18N2O4S/c1-14(2)6-8-9(7-20-14)21-12-10(8)11(18)16(4-5-17)13(19)15(12)3/h17H,4-7H2,1-3H3. The van der Waals surface area contributed by atoms with E-state index in [0.29, 0.717) is 23.2 Å². The molecule has 1 aliphatic heterocycles. The summed E-state index contributed by atoms with van der Waals surface area (Å²) in [6.07, 6.45) is 0.648. The summed E-state index contributed by atoms with van der Waals surface area (Å²) in [5, 5.41) is 9.68. The lowest BCUT2D eigenvalue weighted by molar-refractivity contribution is -0.0379. The van der Waals surface area contributed by atoms with Gasteiger partial charge in [-0.25, -0.2) is 4.79 Å². The van der Waals surface area contributed by atoms with Crippen molar-refractivity contribution in [2.45, 2.75) is 39.0 Å². The number of ether oxygens (including phenoxy) is 1. The van der Waals surface area contributed by atoms with Crippen LogP contribution in [0.5, 0.6) is 0 Å². The van der Waals surface area contributed by atoms with Gasteiger partial charge in [-0.15, -0.1) is 11.3 Å². The van der Waals surface area contributed by atoms with Crippen molar-refractivity contribution in [2.24, 2.45) is 7.05 Å². The van der Waals surface area contributed by atoms with Crippen LogP contribution in [0, 0.1) is 0 Å². The van der Waals surface area contributed by atoms with E-state index in [1.165, 1.54) is 15.9 Å². The smallest absolute Gasteiger partial charge is 0.331 e. The third-order valence-electron chi connectivity index (χ3n) is 3.87. The topological polar surface area (TPSA) is 73.5 Å². The Labute approximate surface area is 125 Å². The second kappa shape index (κ2) is 4.79. The largest absolute Gasteiger partial charge is 0.395 e. The van der Waals surface area contributed by atoms with Crippen LogP contribution in [0.1, 0.15) is 24.3 Å². The second-order valence-corrected chi connectivity index (χ2v) is 7.01.